The van der Waals surface area contributed by atoms with Crippen molar-refractivity contribution < 1.29 is 22.7 Å². The first kappa shape index (κ1) is 28.2. The Balaban J connectivity index is 1.61. The molecule has 0 fully saturated rings. The molecule has 196 valence electrons. The summed E-state index contributed by atoms with van der Waals surface area (Å²) in [5, 5.41) is 3.41. The van der Waals surface area contributed by atoms with Gasteiger partial charge in [-0.25, -0.2) is 8.42 Å². The first-order valence-electron chi connectivity index (χ1n) is 11.9. The molecule has 0 aliphatic rings. The first-order chi connectivity index (χ1) is 17.4. The zero-order valence-corrected chi connectivity index (χ0v) is 22.9. The number of nitrogens with zero attached hydrogens (tertiary/aromatic N) is 1. The van der Waals surface area contributed by atoms with E-state index in [1.165, 1.54) is 12.1 Å². The van der Waals surface area contributed by atoms with Crippen molar-refractivity contribution in [2.45, 2.75) is 44.6 Å². The molecular formula is C28H31ClN2O5S. The highest BCUT2D eigenvalue weighted by molar-refractivity contribution is 7.91. The zero-order valence-electron chi connectivity index (χ0n) is 21.3. The van der Waals surface area contributed by atoms with Crippen LogP contribution in [0.1, 0.15) is 33.3 Å². The lowest BCUT2D eigenvalue weighted by Crippen LogP contribution is -2.49. The highest BCUT2D eigenvalue weighted by Crippen LogP contribution is 2.26. The summed E-state index contributed by atoms with van der Waals surface area (Å²) in [7, 11) is -3.28. The largest absolute Gasteiger partial charge is 0.478 e. The monoisotopic (exact) mass is 542 g/mol. The van der Waals surface area contributed by atoms with E-state index in [0.29, 0.717) is 28.6 Å². The van der Waals surface area contributed by atoms with Crippen LogP contribution in [0.3, 0.4) is 0 Å². The third-order valence-corrected chi connectivity index (χ3v) is 7.76. The lowest BCUT2D eigenvalue weighted by molar-refractivity contribution is -0.131. The fourth-order valence-electron chi connectivity index (χ4n) is 3.71. The third-order valence-electron chi connectivity index (χ3n) is 5.75. The summed E-state index contributed by atoms with van der Waals surface area (Å²) in [5.41, 5.74) is 0.864. The van der Waals surface area contributed by atoms with E-state index >= 15 is 0 Å². The molecule has 7 nitrogen and oxygen atoms in total. The van der Waals surface area contributed by atoms with Crippen LogP contribution in [0.25, 0.3) is 0 Å². The van der Waals surface area contributed by atoms with E-state index in [4.69, 9.17) is 16.3 Å². The van der Waals surface area contributed by atoms with Crippen LogP contribution in [-0.4, -0.2) is 38.1 Å². The maximum atomic E-state index is 13.2. The fourth-order valence-corrected chi connectivity index (χ4v) is 4.72. The number of halogens is 1. The minimum absolute atomic E-state index is 0.0249. The molecule has 0 spiro atoms. The molecule has 37 heavy (non-hydrogen) atoms. The quantitative estimate of drug-likeness (QED) is 0.364. The van der Waals surface area contributed by atoms with E-state index in [0.717, 1.165) is 5.69 Å². The van der Waals surface area contributed by atoms with Crippen molar-refractivity contribution in [2.24, 2.45) is 0 Å². The first-order valence-corrected chi connectivity index (χ1v) is 14.0. The number of likely N-dealkylation sites (N-methyl/N-ethyl adjacent to an activating group) is 1. The van der Waals surface area contributed by atoms with Crippen molar-refractivity contribution in [2.75, 3.05) is 22.5 Å². The topological polar surface area (TPSA) is 92.8 Å². The van der Waals surface area contributed by atoms with Crippen LogP contribution < -0.4 is 15.0 Å². The number of amides is 2. The minimum atomic E-state index is -3.28. The van der Waals surface area contributed by atoms with Crippen LogP contribution in [0.15, 0.2) is 77.7 Å². The van der Waals surface area contributed by atoms with Crippen LogP contribution >= 0.6 is 11.6 Å². The zero-order chi connectivity index (χ0) is 27.2. The molecule has 3 aromatic rings. The third kappa shape index (κ3) is 7.33. The Morgan fingerprint density at radius 2 is 1.51 bits per heavy atom. The molecule has 0 saturated carbocycles. The average Bonchev–Trinajstić information content (AvgIpc) is 2.87. The van der Waals surface area contributed by atoms with Gasteiger partial charge >= 0.3 is 0 Å². The maximum absolute atomic E-state index is 13.2. The predicted octanol–water partition coefficient (Wildman–Crippen LogP) is 5.53. The molecule has 0 atom stereocenters. The summed E-state index contributed by atoms with van der Waals surface area (Å²) in [6, 6.07) is 20.1. The van der Waals surface area contributed by atoms with Crippen molar-refractivity contribution in [1.82, 2.24) is 0 Å². The van der Waals surface area contributed by atoms with E-state index in [2.05, 4.69) is 5.32 Å². The van der Waals surface area contributed by atoms with Gasteiger partial charge in [-0.3, -0.25) is 9.59 Å². The van der Waals surface area contributed by atoms with Crippen molar-refractivity contribution in [3.8, 4) is 5.75 Å². The van der Waals surface area contributed by atoms with Crippen molar-refractivity contribution >= 4 is 44.6 Å². The van der Waals surface area contributed by atoms with Crippen LogP contribution in [-0.2, 0) is 25.8 Å². The smallest absolute Gasteiger partial charge is 0.270 e. The molecule has 9 heteroatoms. The fraction of sp³-hybridized carbons (Fsp3) is 0.286. The van der Waals surface area contributed by atoms with Gasteiger partial charge in [0.2, 0.25) is 5.91 Å². The Morgan fingerprint density at radius 3 is 2.05 bits per heavy atom. The van der Waals surface area contributed by atoms with Gasteiger partial charge in [-0.15, -0.1) is 0 Å². The molecule has 0 saturated heterocycles. The number of carbonyl (C=O) groups is 2. The SMILES string of the molecule is CCN(C(=O)C(C)(C)Oc1ccc(NC(=O)Cc2ccc(S(=O)(=O)CC)cc2)cc1)c1ccc(Cl)cc1. The van der Waals surface area contributed by atoms with E-state index in [1.807, 2.05) is 6.92 Å². The van der Waals surface area contributed by atoms with Gasteiger partial charge in [0.1, 0.15) is 5.75 Å². The number of anilines is 2. The van der Waals surface area contributed by atoms with Crippen molar-refractivity contribution in [3.05, 3.63) is 83.4 Å². The van der Waals surface area contributed by atoms with Crippen LogP contribution in [0.5, 0.6) is 5.75 Å². The van der Waals surface area contributed by atoms with Gasteiger partial charge in [-0.2, -0.15) is 0 Å². The summed E-state index contributed by atoms with van der Waals surface area (Å²) < 4.78 is 29.9. The highest BCUT2D eigenvalue weighted by Gasteiger charge is 2.34. The number of rotatable bonds is 10. The average molecular weight is 543 g/mol. The molecule has 0 aliphatic heterocycles. The summed E-state index contributed by atoms with van der Waals surface area (Å²) in [6.45, 7) is 7.37. The molecule has 0 aromatic heterocycles. The standard InChI is InChI=1S/C28H31ClN2O5S/c1-5-31(23-13-9-21(29)10-14-23)27(33)28(3,4)36-24-15-11-22(12-16-24)30-26(32)19-20-7-17-25(18-8-20)37(34,35)6-2/h7-18H,5-6,19H2,1-4H3,(H,30,32). The Morgan fingerprint density at radius 1 is 0.919 bits per heavy atom. The molecule has 1 N–H and O–H groups in total. The second-order valence-electron chi connectivity index (χ2n) is 8.93. The number of benzene rings is 3. The highest BCUT2D eigenvalue weighted by atomic mass is 35.5. The minimum Gasteiger partial charge on any atom is -0.478 e. The van der Waals surface area contributed by atoms with Gasteiger partial charge in [0, 0.05) is 22.9 Å². The molecule has 2 amide bonds. The van der Waals surface area contributed by atoms with Gasteiger partial charge in [0.15, 0.2) is 15.4 Å². The Kier molecular flexibility index (Phi) is 8.99. The number of ether oxygens (including phenoxy) is 1. The molecule has 0 heterocycles. The number of sulfone groups is 1. The molecule has 0 aliphatic carbocycles. The van der Waals surface area contributed by atoms with Crippen LogP contribution in [0, 0.1) is 0 Å². The van der Waals surface area contributed by atoms with E-state index < -0.39 is 15.4 Å². The summed E-state index contributed by atoms with van der Waals surface area (Å²) in [4.78, 5) is 27.6. The lowest BCUT2D eigenvalue weighted by Gasteiger charge is -2.32. The Labute approximate surface area is 223 Å². The number of hydrogen-bond donors (Lipinski definition) is 1. The summed E-state index contributed by atoms with van der Waals surface area (Å²) in [6.07, 6.45) is 0.101. The van der Waals surface area contributed by atoms with E-state index in [-0.39, 0.29) is 28.9 Å². The normalized spacial score (nSPS) is 11.6. The van der Waals surface area contributed by atoms with E-state index in [1.54, 1.807) is 86.3 Å². The summed E-state index contributed by atoms with van der Waals surface area (Å²) in [5.74, 6) is 0.0670. The Bertz CT molecular complexity index is 1340. The van der Waals surface area contributed by atoms with Crippen LogP contribution in [0.4, 0.5) is 11.4 Å². The number of nitrogens with one attached hydrogen (secondary N) is 1. The van der Waals surface area contributed by atoms with Gasteiger partial charge in [-0.1, -0.05) is 30.7 Å². The second-order valence-corrected chi connectivity index (χ2v) is 11.6. The number of carbonyl (C=O) groups excluding carboxylic acids is 2. The van der Waals surface area contributed by atoms with Crippen molar-refractivity contribution in [3.63, 3.8) is 0 Å². The summed E-state index contributed by atoms with van der Waals surface area (Å²) >= 11 is 5.97. The predicted molar refractivity (Wildman–Crippen MR) is 147 cm³/mol. The van der Waals surface area contributed by atoms with E-state index in [9.17, 15) is 18.0 Å². The molecular weight excluding hydrogens is 512 g/mol. The van der Waals surface area contributed by atoms with Crippen LogP contribution in [0.2, 0.25) is 5.02 Å². The lowest BCUT2D eigenvalue weighted by atomic mass is 10.1. The van der Waals surface area contributed by atoms with Gasteiger partial charge in [-0.05, 0) is 87.0 Å². The van der Waals surface area contributed by atoms with Crippen molar-refractivity contribution in [1.29, 1.82) is 0 Å². The molecule has 0 radical (unpaired) electrons. The molecule has 3 rings (SSSR count). The molecule has 0 bridgehead atoms. The number of hydrogen-bond acceptors (Lipinski definition) is 5. The van der Waals surface area contributed by atoms with Gasteiger partial charge < -0.3 is 15.0 Å². The molecule has 3 aromatic carbocycles. The van der Waals surface area contributed by atoms with Gasteiger partial charge in [0.25, 0.3) is 5.91 Å². The molecule has 0 unspecified atom stereocenters. The Hall–Kier alpha value is -3.36. The second kappa shape index (κ2) is 11.8. The maximum Gasteiger partial charge on any atom is 0.270 e. The van der Waals surface area contributed by atoms with Gasteiger partial charge in [0.05, 0.1) is 17.1 Å².